The molecule has 80 valence electrons. The lowest BCUT2D eigenvalue weighted by atomic mass is 10.3. The summed E-state index contributed by atoms with van der Waals surface area (Å²) in [6.45, 7) is 1.03. The summed E-state index contributed by atoms with van der Waals surface area (Å²) in [5.41, 5.74) is 0.264. The van der Waals surface area contributed by atoms with Crippen LogP contribution in [0.5, 0.6) is 5.88 Å². The maximum absolute atomic E-state index is 10.4. The number of pyridine rings is 1. The van der Waals surface area contributed by atoms with Gasteiger partial charge in [-0.05, 0) is 6.92 Å². The van der Waals surface area contributed by atoms with Gasteiger partial charge in [0.15, 0.2) is 6.61 Å². The molecule has 0 bridgehead atoms. The van der Waals surface area contributed by atoms with Gasteiger partial charge < -0.3 is 9.84 Å². The topological polar surface area (TPSA) is 103 Å². The van der Waals surface area contributed by atoms with E-state index in [2.05, 4.69) is 4.98 Å². The molecule has 0 saturated heterocycles. The maximum atomic E-state index is 10.4. The van der Waals surface area contributed by atoms with Gasteiger partial charge in [0.05, 0.1) is 4.92 Å². The summed E-state index contributed by atoms with van der Waals surface area (Å²) in [4.78, 5) is 23.6. The smallest absolute Gasteiger partial charge is 0.341 e. The number of carbonyl (C=O) groups is 1. The van der Waals surface area contributed by atoms with Crippen LogP contribution < -0.4 is 4.74 Å². The van der Waals surface area contributed by atoms with Gasteiger partial charge in [-0.15, -0.1) is 0 Å². The van der Waals surface area contributed by atoms with Crippen LogP contribution in [0.3, 0.4) is 0 Å². The van der Waals surface area contributed by atoms with Crippen molar-refractivity contribution < 1.29 is 19.6 Å². The van der Waals surface area contributed by atoms with Crippen molar-refractivity contribution in [1.29, 1.82) is 0 Å². The maximum Gasteiger partial charge on any atom is 0.341 e. The molecule has 1 heterocycles. The second-order valence-corrected chi connectivity index (χ2v) is 2.76. The van der Waals surface area contributed by atoms with Gasteiger partial charge in [-0.1, -0.05) is 0 Å². The molecular formula is C8H8N2O5. The minimum atomic E-state index is -1.13. The van der Waals surface area contributed by atoms with E-state index in [-0.39, 0.29) is 11.6 Å². The molecule has 0 aromatic carbocycles. The molecule has 1 aromatic rings. The summed E-state index contributed by atoms with van der Waals surface area (Å²) in [5, 5.41) is 18.7. The number of nitrogens with zero attached hydrogens (tertiary/aromatic N) is 2. The van der Waals surface area contributed by atoms with E-state index >= 15 is 0 Å². The summed E-state index contributed by atoms with van der Waals surface area (Å²) in [7, 11) is 0. The Balaban J connectivity index is 2.83. The second kappa shape index (κ2) is 4.36. The molecule has 7 heteroatoms. The molecule has 0 fully saturated rings. The molecule has 0 radical (unpaired) electrons. The average molecular weight is 212 g/mol. The second-order valence-electron chi connectivity index (χ2n) is 2.76. The lowest BCUT2D eigenvalue weighted by Crippen LogP contribution is -2.11. The Labute approximate surface area is 84.5 Å². The van der Waals surface area contributed by atoms with Gasteiger partial charge in [0, 0.05) is 11.6 Å². The van der Waals surface area contributed by atoms with E-state index in [0.717, 1.165) is 6.20 Å². The first-order valence-electron chi connectivity index (χ1n) is 3.96. The minimum absolute atomic E-state index is 0.0861. The van der Waals surface area contributed by atoms with Crippen molar-refractivity contribution in [2.24, 2.45) is 0 Å². The van der Waals surface area contributed by atoms with Crippen LogP contribution >= 0.6 is 0 Å². The van der Waals surface area contributed by atoms with Gasteiger partial charge in [0.2, 0.25) is 5.88 Å². The summed E-state index contributed by atoms with van der Waals surface area (Å²) in [6.07, 6.45) is 1.02. The number of aromatic nitrogens is 1. The highest BCUT2D eigenvalue weighted by atomic mass is 16.6. The molecule has 0 aliphatic carbocycles. The molecule has 0 atom stereocenters. The number of rotatable bonds is 4. The molecule has 15 heavy (non-hydrogen) atoms. The van der Waals surface area contributed by atoms with Gasteiger partial charge >= 0.3 is 5.97 Å². The number of aliphatic carboxylic acids is 1. The van der Waals surface area contributed by atoms with Crippen LogP contribution in [0.2, 0.25) is 0 Å². The van der Waals surface area contributed by atoms with Crippen molar-refractivity contribution in [3.8, 4) is 5.88 Å². The number of aryl methyl sites for hydroxylation is 1. The van der Waals surface area contributed by atoms with Gasteiger partial charge in [0.1, 0.15) is 6.20 Å². The van der Waals surface area contributed by atoms with E-state index in [1.807, 2.05) is 0 Å². The van der Waals surface area contributed by atoms with Gasteiger partial charge in [-0.2, -0.15) is 0 Å². The summed E-state index contributed by atoms with van der Waals surface area (Å²) < 4.78 is 4.80. The lowest BCUT2D eigenvalue weighted by Gasteiger charge is -2.04. The van der Waals surface area contributed by atoms with E-state index in [0.29, 0.717) is 5.56 Å². The highest BCUT2D eigenvalue weighted by Gasteiger charge is 2.10. The predicted octanol–water partition coefficient (Wildman–Crippen LogP) is 0.762. The normalized spacial score (nSPS) is 9.67. The van der Waals surface area contributed by atoms with Crippen molar-refractivity contribution in [1.82, 2.24) is 4.98 Å². The van der Waals surface area contributed by atoms with Crippen LogP contribution in [0.1, 0.15) is 5.56 Å². The third-order valence-electron chi connectivity index (χ3n) is 1.56. The number of hydrogen-bond donors (Lipinski definition) is 1. The molecule has 0 spiro atoms. The fourth-order valence-electron chi connectivity index (χ4n) is 0.928. The van der Waals surface area contributed by atoms with E-state index < -0.39 is 17.5 Å². The molecule has 1 rings (SSSR count). The Kier molecular flexibility index (Phi) is 3.17. The SMILES string of the molecule is Cc1cc([N+](=O)[O-])cnc1OCC(=O)O. The summed E-state index contributed by atoms with van der Waals surface area (Å²) >= 11 is 0. The monoisotopic (exact) mass is 212 g/mol. The Morgan fingerprint density at radius 3 is 2.87 bits per heavy atom. The first-order valence-corrected chi connectivity index (χ1v) is 3.96. The molecule has 1 N–H and O–H groups in total. The molecular weight excluding hydrogens is 204 g/mol. The number of nitro groups is 1. The number of ether oxygens (including phenoxy) is 1. The molecule has 0 unspecified atom stereocenters. The molecule has 0 amide bonds. The average Bonchev–Trinajstić information content (AvgIpc) is 2.15. The van der Waals surface area contributed by atoms with Crippen LogP contribution in [-0.4, -0.2) is 27.6 Å². The highest BCUT2D eigenvalue weighted by molar-refractivity contribution is 5.68. The molecule has 0 saturated carbocycles. The van der Waals surface area contributed by atoms with Crippen LogP contribution in [-0.2, 0) is 4.79 Å². The van der Waals surface area contributed by atoms with Crippen molar-refractivity contribution in [3.05, 3.63) is 27.9 Å². The fourth-order valence-corrected chi connectivity index (χ4v) is 0.928. The molecule has 0 aliphatic heterocycles. The highest BCUT2D eigenvalue weighted by Crippen LogP contribution is 2.19. The summed E-state index contributed by atoms with van der Waals surface area (Å²) in [5.74, 6) is -1.04. The summed E-state index contributed by atoms with van der Waals surface area (Å²) in [6, 6.07) is 1.27. The van der Waals surface area contributed by atoms with Crippen LogP contribution in [0.25, 0.3) is 0 Å². The number of hydrogen-bond acceptors (Lipinski definition) is 5. The standard InChI is InChI=1S/C8H8N2O5/c1-5-2-6(10(13)14)3-9-8(5)15-4-7(11)12/h2-3H,4H2,1H3,(H,11,12). The minimum Gasteiger partial charge on any atom is -0.479 e. The first kappa shape index (κ1) is 10.9. The molecule has 1 aromatic heterocycles. The van der Waals surface area contributed by atoms with Gasteiger partial charge in [-0.25, -0.2) is 9.78 Å². The predicted molar refractivity (Wildman–Crippen MR) is 48.8 cm³/mol. The van der Waals surface area contributed by atoms with E-state index in [4.69, 9.17) is 9.84 Å². The zero-order chi connectivity index (χ0) is 11.4. The van der Waals surface area contributed by atoms with E-state index in [9.17, 15) is 14.9 Å². The van der Waals surface area contributed by atoms with Crippen LogP contribution in [0, 0.1) is 17.0 Å². The first-order chi connectivity index (χ1) is 7.00. The van der Waals surface area contributed by atoms with E-state index in [1.54, 1.807) is 6.92 Å². The molecule has 0 aliphatic rings. The Morgan fingerprint density at radius 1 is 1.73 bits per heavy atom. The van der Waals surface area contributed by atoms with Crippen LogP contribution in [0.15, 0.2) is 12.3 Å². The van der Waals surface area contributed by atoms with Crippen molar-refractivity contribution >= 4 is 11.7 Å². The Bertz CT molecular complexity index is 404. The zero-order valence-corrected chi connectivity index (χ0v) is 7.84. The lowest BCUT2D eigenvalue weighted by molar-refractivity contribution is -0.385. The van der Waals surface area contributed by atoms with E-state index in [1.165, 1.54) is 6.07 Å². The van der Waals surface area contributed by atoms with Crippen molar-refractivity contribution in [3.63, 3.8) is 0 Å². The number of carboxylic acid groups (broad SMARTS) is 1. The molecule has 7 nitrogen and oxygen atoms in total. The Hall–Kier alpha value is -2.18. The van der Waals surface area contributed by atoms with Crippen molar-refractivity contribution in [2.75, 3.05) is 6.61 Å². The third-order valence-corrected chi connectivity index (χ3v) is 1.56. The van der Waals surface area contributed by atoms with Gasteiger partial charge in [0.25, 0.3) is 5.69 Å². The largest absolute Gasteiger partial charge is 0.479 e. The zero-order valence-electron chi connectivity index (χ0n) is 7.84. The quantitative estimate of drug-likeness (QED) is 0.583. The van der Waals surface area contributed by atoms with Gasteiger partial charge in [-0.3, -0.25) is 10.1 Å². The Morgan fingerprint density at radius 2 is 2.40 bits per heavy atom. The van der Waals surface area contributed by atoms with Crippen LogP contribution in [0.4, 0.5) is 5.69 Å². The number of carboxylic acids is 1. The fraction of sp³-hybridized carbons (Fsp3) is 0.250. The third kappa shape index (κ3) is 2.90. The van der Waals surface area contributed by atoms with Crippen molar-refractivity contribution in [2.45, 2.75) is 6.92 Å².